The monoisotopic (exact) mass is 270 g/mol. The summed E-state index contributed by atoms with van der Waals surface area (Å²) in [6.07, 6.45) is 2.26. The van der Waals surface area contributed by atoms with Crippen LogP contribution in [0.1, 0.15) is 12.8 Å². The fraction of sp³-hybridized carbons (Fsp3) is 0.500. The van der Waals surface area contributed by atoms with Crippen LogP contribution in [0.3, 0.4) is 0 Å². The van der Waals surface area contributed by atoms with Crippen molar-refractivity contribution in [2.45, 2.75) is 12.8 Å². The van der Waals surface area contributed by atoms with E-state index in [1.54, 1.807) is 6.07 Å². The quantitative estimate of drug-likeness (QED) is 0.675. The summed E-state index contributed by atoms with van der Waals surface area (Å²) in [5.41, 5.74) is -0.0423. The van der Waals surface area contributed by atoms with Crippen molar-refractivity contribution in [3.8, 4) is 5.75 Å². The average molecular weight is 271 g/mol. The maximum Gasteiger partial charge on any atom is 0.274 e. The molecule has 2 rings (SSSR count). The van der Waals surface area contributed by atoms with Gasteiger partial charge in [-0.3, -0.25) is 10.1 Å². The van der Waals surface area contributed by atoms with E-state index < -0.39 is 4.92 Å². The minimum absolute atomic E-state index is 0.0423. The number of piperidine rings is 1. The Morgan fingerprint density at radius 1 is 1.50 bits per heavy atom. The number of nitrogens with one attached hydrogen (secondary N) is 1. The Hall–Kier alpha value is -1.33. The van der Waals surface area contributed by atoms with Gasteiger partial charge >= 0.3 is 0 Å². The first-order valence-electron chi connectivity index (χ1n) is 5.93. The lowest BCUT2D eigenvalue weighted by molar-refractivity contribution is -0.384. The topological polar surface area (TPSA) is 64.4 Å². The van der Waals surface area contributed by atoms with E-state index in [-0.39, 0.29) is 5.69 Å². The van der Waals surface area contributed by atoms with Crippen LogP contribution >= 0.6 is 11.6 Å². The highest BCUT2D eigenvalue weighted by molar-refractivity contribution is 6.30. The molecular weight excluding hydrogens is 256 g/mol. The SMILES string of the molecule is O=[N+]([O-])c1cc(Cl)cc(OCC2CCCNC2)c1. The fourth-order valence-electron chi connectivity index (χ4n) is 2.02. The van der Waals surface area contributed by atoms with Gasteiger partial charge in [0.25, 0.3) is 5.69 Å². The van der Waals surface area contributed by atoms with Crippen LogP contribution in [-0.4, -0.2) is 24.6 Å². The third kappa shape index (κ3) is 3.58. The van der Waals surface area contributed by atoms with Crippen LogP contribution in [-0.2, 0) is 0 Å². The second-order valence-electron chi connectivity index (χ2n) is 4.43. The molecule has 1 N–H and O–H groups in total. The van der Waals surface area contributed by atoms with Crippen LogP contribution in [0.15, 0.2) is 18.2 Å². The number of halogens is 1. The predicted molar refractivity (Wildman–Crippen MR) is 69.2 cm³/mol. The lowest BCUT2D eigenvalue weighted by Gasteiger charge is -2.22. The van der Waals surface area contributed by atoms with Gasteiger partial charge in [-0.05, 0) is 25.5 Å². The molecule has 0 bridgehead atoms. The van der Waals surface area contributed by atoms with Crippen LogP contribution < -0.4 is 10.1 Å². The number of rotatable bonds is 4. The molecule has 5 nitrogen and oxygen atoms in total. The predicted octanol–water partition coefficient (Wildman–Crippen LogP) is 2.63. The first-order valence-corrected chi connectivity index (χ1v) is 6.31. The lowest BCUT2D eigenvalue weighted by Crippen LogP contribution is -2.33. The molecule has 0 spiro atoms. The zero-order valence-corrected chi connectivity index (χ0v) is 10.7. The van der Waals surface area contributed by atoms with Crippen molar-refractivity contribution in [3.05, 3.63) is 33.3 Å². The molecular formula is C12H15ClN2O3. The standard InChI is InChI=1S/C12H15ClN2O3/c13-10-4-11(15(16)17)6-12(5-10)18-8-9-2-1-3-14-7-9/h4-6,9,14H,1-3,7-8H2. The molecule has 1 aromatic rings. The summed E-state index contributed by atoms with van der Waals surface area (Å²) in [4.78, 5) is 10.2. The smallest absolute Gasteiger partial charge is 0.274 e. The van der Waals surface area contributed by atoms with Crippen LogP contribution in [0, 0.1) is 16.0 Å². The molecule has 18 heavy (non-hydrogen) atoms. The van der Waals surface area contributed by atoms with Gasteiger partial charge in [0, 0.05) is 18.5 Å². The Morgan fingerprint density at radius 2 is 2.33 bits per heavy atom. The molecule has 0 aliphatic carbocycles. The molecule has 0 saturated carbocycles. The summed E-state index contributed by atoms with van der Waals surface area (Å²) in [6.45, 7) is 2.55. The van der Waals surface area contributed by atoms with Crippen molar-refractivity contribution in [2.24, 2.45) is 5.92 Å². The van der Waals surface area contributed by atoms with Gasteiger partial charge in [0.05, 0.1) is 22.6 Å². The van der Waals surface area contributed by atoms with Crippen molar-refractivity contribution < 1.29 is 9.66 Å². The number of nitro groups is 1. The van der Waals surface area contributed by atoms with E-state index in [9.17, 15) is 10.1 Å². The van der Waals surface area contributed by atoms with Gasteiger partial charge in [-0.2, -0.15) is 0 Å². The Morgan fingerprint density at radius 3 is 3.00 bits per heavy atom. The second kappa shape index (κ2) is 6.02. The molecule has 1 aliphatic rings. The maximum absolute atomic E-state index is 10.7. The molecule has 0 aromatic heterocycles. The minimum Gasteiger partial charge on any atom is -0.493 e. The zero-order valence-electron chi connectivity index (χ0n) is 9.89. The van der Waals surface area contributed by atoms with Crippen molar-refractivity contribution in [1.82, 2.24) is 5.32 Å². The average Bonchev–Trinajstić information content (AvgIpc) is 2.37. The van der Waals surface area contributed by atoms with Crippen LogP contribution in [0.5, 0.6) is 5.75 Å². The normalized spacial score (nSPS) is 19.5. The van der Waals surface area contributed by atoms with E-state index in [1.807, 2.05) is 0 Å². The van der Waals surface area contributed by atoms with Gasteiger partial charge in [0.2, 0.25) is 0 Å². The molecule has 1 fully saturated rings. The summed E-state index contributed by atoms with van der Waals surface area (Å²) in [7, 11) is 0. The minimum atomic E-state index is -0.471. The number of nitro benzene ring substituents is 1. The first-order chi connectivity index (χ1) is 8.65. The summed E-state index contributed by atoms with van der Waals surface area (Å²) in [6, 6.07) is 4.32. The van der Waals surface area contributed by atoms with Crippen LogP contribution in [0.4, 0.5) is 5.69 Å². The van der Waals surface area contributed by atoms with Gasteiger partial charge in [-0.15, -0.1) is 0 Å². The highest BCUT2D eigenvalue weighted by Gasteiger charge is 2.15. The Balaban J connectivity index is 1.97. The molecule has 98 valence electrons. The number of ether oxygens (including phenoxy) is 1. The maximum atomic E-state index is 10.7. The van der Waals surface area contributed by atoms with Crippen molar-refractivity contribution in [2.75, 3.05) is 19.7 Å². The van der Waals surface area contributed by atoms with Gasteiger partial charge in [0.15, 0.2) is 0 Å². The second-order valence-corrected chi connectivity index (χ2v) is 4.86. The molecule has 0 amide bonds. The zero-order chi connectivity index (χ0) is 13.0. The largest absolute Gasteiger partial charge is 0.493 e. The van der Waals surface area contributed by atoms with E-state index in [0.29, 0.717) is 23.3 Å². The van der Waals surface area contributed by atoms with E-state index in [0.717, 1.165) is 25.9 Å². The van der Waals surface area contributed by atoms with Crippen molar-refractivity contribution in [1.29, 1.82) is 0 Å². The molecule has 1 unspecified atom stereocenters. The van der Waals surface area contributed by atoms with Crippen molar-refractivity contribution >= 4 is 17.3 Å². The van der Waals surface area contributed by atoms with Gasteiger partial charge in [-0.1, -0.05) is 11.6 Å². The molecule has 1 aliphatic heterocycles. The number of hydrogen-bond donors (Lipinski definition) is 1. The Kier molecular flexibility index (Phi) is 4.38. The van der Waals surface area contributed by atoms with E-state index >= 15 is 0 Å². The highest BCUT2D eigenvalue weighted by Crippen LogP contribution is 2.26. The number of benzene rings is 1. The fourth-order valence-corrected chi connectivity index (χ4v) is 2.24. The Bertz CT molecular complexity index is 433. The number of nitrogens with zero attached hydrogens (tertiary/aromatic N) is 1. The van der Waals surface area contributed by atoms with Crippen LogP contribution in [0.25, 0.3) is 0 Å². The van der Waals surface area contributed by atoms with Gasteiger partial charge < -0.3 is 10.1 Å². The van der Waals surface area contributed by atoms with Gasteiger partial charge in [-0.25, -0.2) is 0 Å². The van der Waals surface area contributed by atoms with Crippen molar-refractivity contribution in [3.63, 3.8) is 0 Å². The molecule has 1 heterocycles. The van der Waals surface area contributed by atoms with Gasteiger partial charge in [0.1, 0.15) is 5.75 Å². The Labute approximate surface area is 110 Å². The third-order valence-corrected chi connectivity index (χ3v) is 3.17. The molecule has 1 saturated heterocycles. The lowest BCUT2D eigenvalue weighted by atomic mass is 10.0. The summed E-state index contributed by atoms with van der Waals surface area (Å²) < 4.78 is 5.59. The number of non-ortho nitro benzene ring substituents is 1. The molecule has 1 atom stereocenters. The highest BCUT2D eigenvalue weighted by atomic mass is 35.5. The summed E-state index contributed by atoms with van der Waals surface area (Å²) >= 11 is 5.82. The third-order valence-electron chi connectivity index (χ3n) is 2.95. The van der Waals surface area contributed by atoms with E-state index in [1.165, 1.54) is 12.1 Å². The molecule has 1 aromatic carbocycles. The molecule has 0 radical (unpaired) electrons. The summed E-state index contributed by atoms with van der Waals surface area (Å²) in [5, 5.41) is 14.3. The molecule has 6 heteroatoms. The number of hydrogen-bond acceptors (Lipinski definition) is 4. The first kappa shape index (κ1) is 13.1. The van der Waals surface area contributed by atoms with Crippen LogP contribution in [0.2, 0.25) is 5.02 Å². The van der Waals surface area contributed by atoms with E-state index in [2.05, 4.69) is 5.32 Å². The van der Waals surface area contributed by atoms with E-state index in [4.69, 9.17) is 16.3 Å². The summed E-state index contributed by atoms with van der Waals surface area (Å²) in [5.74, 6) is 0.913.